The Balaban J connectivity index is 3.59. The summed E-state index contributed by atoms with van der Waals surface area (Å²) in [5.41, 5.74) is 0. The van der Waals surface area contributed by atoms with E-state index in [9.17, 15) is 9.59 Å². The highest BCUT2D eigenvalue weighted by Gasteiger charge is 2.21. The van der Waals surface area contributed by atoms with Crippen LogP contribution in [0.1, 0.15) is 168 Å². The van der Waals surface area contributed by atoms with Crippen LogP contribution in [0.2, 0.25) is 0 Å². The summed E-state index contributed by atoms with van der Waals surface area (Å²) < 4.78 is 23.2. The van der Waals surface area contributed by atoms with Crippen molar-refractivity contribution < 1.29 is 37.5 Å². The van der Waals surface area contributed by atoms with Crippen LogP contribution in [-0.4, -0.2) is 115 Å². The number of rotatable bonds is 39. The van der Waals surface area contributed by atoms with E-state index in [1.54, 1.807) is 0 Å². The zero-order valence-corrected chi connectivity index (χ0v) is 34.4. The predicted molar refractivity (Wildman–Crippen MR) is 209 cm³/mol. The molecule has 0 amide bonds. The Kier molecular flexibility index (Phi) is 34.0. The number of hydrogen-bond donors (Lipinski definition) is 0. The molecule has 0 aliphatic rings. The van der Waals surface area contributed by atoms with Gasteiger partial charge in [0.15, 0.2) is 13.1 Å². The summed E-state index contributed by atoms with van der Waals surface area (Å²) in [5.74, 6) is -0.349. The molecular formula is C42H86N2O6+2. The number of carbonyl (C=O) groups excluding carboxylic acids is 2. The Bertz CT molecular complexity index is 699. The van der Waals surface area contributed by atoms with E-state index >= 15 is 0 Å². The zero-order chi connectivity index (χ0) is 37.0. The third-order valence-electron chi connectivity index (χ3n) is 9.70. The van der Waals surface area contributed by atoms with Crippen LogP contribution in [0.5, 0.6) is 0 Å². The van der Waals surface area contributed by atoms with Gasteiger partial charge in [-0.15, -0.1) is 0 Å². The molecule has 0 radical (unpaired) electrons. The van der Waals surface area contributed by atoms with Crippen molar-refractivity contribution >= 4 is 11.9 Å². The fraction of sp³-hybridized carbons (Fsp3) is 0.952. The summed E-state index contributed by atoms with van der Waals surface area (Å²) in [7, 11) is 8.41. The lowest BCUT2D eigenvalue weighted by molar-refractivity contribution is -0.883. The maximum Gasteiger partial charge on any atom is 0.361 e. The molecule has 0 aromatic rings. The second-order valence-corrected chi connectivity index (χ2v) is 16.1. The van der Waals surface area contributed by atoms with Crippen molar-refractivity contribution in [2.75, 3.05) is 94.0 Å². The monoisotopic (exact) mass is 715 g/mol. The largest absolute Gasteiger partial charge is 0.459 e. The number of esters is 2. The Labute approximate surface area is 310 Å². The molecule has 0 spiro atoms. The average Bonchev–Trinajstić information content (AvgIpc) is 3.06. The molecule has 298 valence electrons. The van der Waals surface area contributed by atoms with E-state index < -0.39 is 0 Å². The Morgan fingerprint density at radius 3 is 0.880 bits per heavy atom. The van der Waals surface area contributed by atoms with E-state index in [1.165, 1.54) is 141 Å². The SMILES string of the molecule is CCCCCCCCCCCCCC[N+](C)(C)CC(=O)OCCOCCOCCOC(=O)C[N+](C)(C)CCCCCCCCCCCCCC. The quantitative estimate of drug-likeness (QED) is 0.0359. The smallest absolute Gasteiger partial charge is 0.361 e. The van der Waals surface area contributed by atoms with Gasteiger partial charge in [-0.2, -0.15) is 0 Å². The topological polar surface area (TPSA) is 71.1 Å². The lowest BCUT2D eigenvalue weighted by atomic mass is 10.1. The third kappa shape index (κ3) is 36.6. The van der Waals surface area contributed by atoms with Crippen molar-refractivity contribution in [1.29, 1.82) is 0 Å². The first-order valence-electron chi connectivity index (χ1n) is 21.2. The molecule has 0 aliphatic heterocycles. The molecule has 8 heteroatoms. The molecule has 0 fully saturated rings. The summed E-state index contributed by atoms with van der Waals surface area (Å²) in [6, 6.07) is 0. The van der Waals surface area contributed by atoms with E-state index in [0.29, 0.717) is 48.5 Å². The molecule has 0 saturated carbocycles. The number of ether oxygens (including phenoxy) is 4. The number of carbonyl (C=O) groups is 2. The summed E-state index contributed by atoms with van der Waals surface area (Å²) in [6.45, 7) is 9.32. The van der Waals surface area contributed by atoms with Crippen LogP contribution in [0.3, 0.4) is 0 Å². The van der Waals surface area contributed by atoms with Gasteiger partial charge in [0.05, 0.1) is 67.7 Å². The molecule has 0 N–H and O–H groups in total. The van der Waals surface area contributed by atoms with Crippen molar-refractivity contribution in [1.82, 2.24) is 0 Å². The van der Waals surface area contributed by atoms with Crippen molar-refractivity contribution in [3.8, 4) is 0 Å². The second-order valence-electron chi connectivity index (χ2n) is 16.1. The molecule has 0 atom stereocenters. The van der Waals surface area contributed by atoms with Gasteiger partial charge in [-0.25, -0.2) is 9.59 Å². The molecule has 50 heavy (non-hydrogen) atoms. The molecule has 0 heterocycles. The summed E-state index contributed by atoms with van der Waals surface area (Å²) in [4.78, 5) is 24.6. The van der Waals surface area contributed by atoms with Gasteiger partial charge >= 0.3 is 11.9 Å². The number of nitrogens with zero attached hydrogens (tertiary/aromatic N) is 2. The van der Waals surface area contributed by atoms with E-state index in [0.717, 1.165) is 25.9 Å². The van der Waals surface area contributed by atoms with Gasteiger partial charge in [-0.3, -0.25) is 0 Å². The maximum atomic E-state index is 12.3. The molecule has 0 rings (SSSR count). The summed E-state index contributed by atoms with van der Waals surface area (Å²) in [5, 5.41) is 0. The van der Waals surface area contributed by atoms with Gasteiger partial charge < -0.3 is 27.9 Å². The van der Waals surface area contributed by atoms with Crippen LogP contribution < -0.4 is 0 Å². The predicted octanol–water partition coefficient (Wildman–Crippen LogP) is 9.66. The zero-order valence-electron chi connectivity index (χ0n) is 34.4. The minimum Gasteiger partial charge on any atom is -0.459 e. The lowest BCUT2D eigenvalue weighted by Crippen LogP contribution is -2.45. The van der Waals surface area contributed by atoms with Crippen LogP contribution in [0, 0.1) is 0 Å². The van der Waals surface area contributed by atoms with Crippen LogP contribution in [0.25, 0.3) is 0 Å². The number of unbranched alkanes of at least 4 members (excludes halogenated alkanes) is 22. The minimum absolute atomic E-state index is 0.175. The van der Waals surface area contributed by atoms with Crippen LogP contribution in [0.15, 0.2) is 0 Å². The van der Waals surface area contributed by atoms with Crippen molar-refractivity contribution in [2.24, 2.45) is 0 Å². The fourth-order valence-corrected chi connectivity index (χ4v) is 6.46. The van der Waals surface area contributed by atoms with Crippen molar-refractivity contribution in [3.63, 3.8) is 0 Å². The van der Waals surface area contributed by atoms with Crippen LogP contribution in [0.4, 0.5) is 0 Å². The first-order valence-corrected chi connectivity index (χ1v) is 21.2. The van der Waals surface area contributed by atoms with Gasteiger partial charge in [0.25, 0.3) is 0 Å². The van der Waals surface area contributed by atoms with E-state index in [4.69, 9.17) is 18.9 Å². The van der Waals surface area contributed by atoms with Gasteiger partial charge in [0.1, 0.15) is 13.2 Å². The molecule has 0 aromatic carbocycles. The summed E-state index contributed by atoms with van der Waals surface area (Å²) in [6.07, 6.45) is 32.2. The van der Waals surface area contributed by atoms with Crippen LogP contribution in [-0.2, 0) is 28.5 Å². The maximum absolute atomic E-state index is 12.3. The Morgan fingerprint density at radius 1 is 0.360 bits per heavy atom. The average molecular weight is 715 g/mol. The van der Waals surface area contributed by atoms with Crippen LogP contribution >= 0.6 is 0 Å². The molecule has 0 unspecified atom stereocenters. The lowest BCUT2D eigenvalue weighted by Gasteiger charge is -2.28. The molecular weight excluding hydrogens is 628 g/mol. The van der Waals surface area contributed by atoms with Crippen molar-refractivity contribution in [2.45, 2.75) is 168 Å². The third-order valence-corrected chi connectivity index (χ3v) is 9.70. The molecule has 8 nitrogen and oxygen atoms in total. The second kappa shape index (κ2) is 34.8. The highest BCUT2D eigenvalue weighted by Crippen LogP contribution is 2.14. The minimum atomic E-state index is -0.175. The highest BCUT2D eigenvalue weighted by atomic mass is 16.6. The van der Waals surface area contributed by atoms with E-state index in [1.807, 2.05) is 0 Å². The van der Waals surface area contributed by atoms with Gasteiger partial charge in [-0.1, -0.05) is 142 Å². The fourth-order valence-electron chi connectivity index (χ4n) is 6.46. The molecule has 0 aliphatic carbocycles. The van der Waals surface area contributed by atoms with E-state index in [2.05, 4.69) is 42.0 Å². The Morgan fingerprint density at radius 2 is 0.600 bits per heavy atom. The molecule has 0 bridgehead atoms. The van der Waals surface area contributed by atoms with Gasteiger partial charge in [0.2, 0.25) is 0 Å². The summed E-state index contributed by atoms with van der Waals surface area (Å²) >= 11 is 0. The number of quaternary nitrogens is 2. The molecule has 0 saturated heterocycles. The number of likely N-dealkylation sites (N-methyl/N-ethyl adjacent to an activating group) is 2. The van der Waals surface area contributed by atoms with E-state index in [-0.39, 0.29) is 25.2 Å². The number of hydrogen-bond acceptors (Lipinski definition) is 6. The first kappa shape index (κ1) is 48.8. The highest BCUT2D eigenvalue weighted by molar-refractivity contribution is 5.70. The Hall–Kier alpha value is -1.22. The van der Waals surface area contributed by atoms with Gasteiger partial charge in [-0.05, 0) is 25.7 Å². The normalized spacial score (nSPS) is 12.0. The first-order chi connectivity index (χ1) is 24.1. The van der Waals surface area contributed by atoms with Crippen molar-refractivity contribution in [3.05, 3.63) is 0 Å². The van der Waals surface area contributed by atoms with Gasteiger partial charge in [0, 0.05) is 0 Å². The molecule has 0 aromatic heterocycles. The standard InChI is InChI=1S/C42H86N2O6/c1-7-9-11-13-15-17-19-21-23-25-27-29-31-43(3,4)39-41(45)49-37-35-47-33-34-48-36-38-50-42(46)40-44(5,6)32-30-28-26-24-22-20-18-16-14-12-10-8-2/h7-40H2,1-6H3/q+2.